The normalized spacial score (nSPS) is 28.5. The van der Waals surface area contributed by atoms with E-state index in [1.807, 2.05) is 35.2 Å². The summed E-state index contributed by atoms with van der Waals surface area (Å²) in [4.78, 5) is 16.4. The van der Waals surface area contributed by atoms with Gasteiger partial charge in [-0.1, -0.05) is 45.2 Å². The highest BCUT2D eigenvalue weighted by molar-refractivity contribution is 5.85. The molecule has 4 unspecified atom stereocenters. The van der Waals surface area contributed by atoms with Crippen molar-refractivity contribution in [3.8, 4) is 0 Å². The van der Waals surface area contributed by atoms with E-state index in [2.05, 4.69) is 22.6 Å². The van der Waals surface area contributed by atoms with Crippen LogP contribution in [0, 0.1) is 0 Å². The molecule has 1 amide bonds. The zero-order valence-electron chi connectivity index (χ0n) is 17.5. The number of halogens is 1. The Bertz CT molecular complexity index is 631. The molecule has 0 saturated carbocycles. The van der Waals surface area contributed by atoms with Gasteiger partial charge >= 0.3 is 6.09 Å². The second-order valence-electron chi connectivity index (χ2n) is 8.27. The molecule has 184 valence electrons. The Hall–Kier alpha value is -1.42. The number of likely N-dealkylation sites (N-methyl/N-ethyl adjacent to an activating group) is 1. The van der Waals surface area contributed by atoms with Crippen LogP contribution in [-0.4, -0.2) is 99.7 Å². The summed E-state index contributed by atoms with van der Waals surface area (Å²) in [5, 5.41) is 6.83. The summed E-state index contributed by atoms with van der Waals surface area (Å²) in [6.45, 7) is 7.10. The Morgan fingerprint density at radius 1 is 1.00 bits per heavy atom. The summed E-state index contributed by atoms with van der Waals surface area (Å²) in [6, 6.07) is 11.1. The second kappa shape index (κ2) is 14.0. The maximum absolute atomic E-state index is 12.2. The van der Waals surface area contributed by atoms with Crippen molar-refractivity contribution in [2.45, 2.75) is 45.6 Å². The maximum Gasteiger partial charge on any atom is 0.410 e. The Morgan fingerprint density at radius 3 is 2.16 bits per heavy atom. The number of morpholine rings is 2. The molecule has 0 spiro atoms. The standard InChI is InChI=1S/C14H18N2O3.C7H14N2O.2CH4.ClH/c17-14(19-8-11-4-2-1-3-5-11)16-12-6-15-7-13(16)10-18-9-12;1-9-2-6-4-10-5-7(3-9)8-6;;;/h1-5,12-13,15H,6-10H2;6-8H,2-5H2,1H3;2*1H4;1H. The molecule has 1 aromatic carbocycles. The first-order valence-corrected chi connectivity index (χ1v) is 10.5. The van der Waals surface area contributed by atoms with E-state index >= 15 is 0 Å². The van der Waals surface area contributed by atoms with Crippen LogP contribution in [0.4, 0.5) is 4.79 Å². The van der Waals surface area contributed by atoms with Crippen LogP contribution < -0.4 is 10.6 Å². The van der Waals surface area contributed by atoms with Gasteiger partial charge in [0.1, 0.15) is 6.61 Å². The molecule has 4 bridgehead atoms. The molecule has 0 radical (unpaired) electrons. The monoisotopic (exact) mass is 472 g/mol. The lowest BCUT2D eigenvalue weighted by Gasteiger charge is -2.45. The van der Waals surface area contributed by atoms with Gasteiger partial charge in [-0.25, -0.2) is 4.79 Å². The van der Waals surface area contributed by atoms with Gasteiger partial charge in [-0.2, -0.15) is 0 Å². The van der Waals surface area contributed by atoms with Gasteiger partial charge in [-0.3, -0.25) is 4.90 Å². The van der Waals surface area contributed by atoms with Crippen molar-refractivity contribution in [3.05, 3.63) is 35.9 Å². The third-order valence-electron chi connectivity index (χ3n) is 5.76. The van der Waals surface area contributed by atoms with Crippen molar-refractivity contribution in [3.63, 3.8) is 0 Å². The predicted molar refractivity (Wildman–Crippen MR) is 129 cm³/mol. The van der Waals surface area contributed by atoms with Crippen LogP contribution >= 0.6 is 12.4 Å². The van der Waals surface area contributed by atoms with E-state index in [9.17, 15) is 4.79 Å². The second-order valence-corrected chi connectivity index (χ2v) is 8.27. The van der Waals surface area contributed by atoms with Crippen molar-refractivity contribution in [2.75, 3.05) is 59.7 Å². The first-order valence-electron chi connectivity index (χ1n) is 10.5. The van der Waals surface area contributed by atoms with Crippen molar-refractivity contribution in [1.29, 1.82) is 0 Å². The summed E-state index contributed by atoms with van der Waals surface area (Å²) in [6.07, 6.45) is -0.233. The lowest BCUT2D eigenvalue weighted by Crippen LogP contribution is -2.65. The number of carbonyl (C=O) groups excluding carboxylic acids is 1. The van der Waals surface area contributed by atoms with E-state index in [4.69, 9.17) is 14.2 Å². The fraction of sp³-hybridized carbons (Fsp3) is 0.696. The van der Waals surface area contributed by atoms with Gasteiger partial charge < -0.3 is 29.7 Å². The number of rotatable bonds is 2. The van der Waals surface area contributed by atoms with Gasteiger partial charge in [0.2, 0.25) is 0 Å². The first-order chi connectivity index (χ1) is 14.2. The SMILES string of the molecule is C.C.CN1CC2COCC(C1)N2.Cl.O=C(OCc1ccccc1)N1C2CNCC1COC2. The molecule has 4 saturated heterocycles. The molecule has 5 rings (SSSR count). The minimum atomic E-state index is -0.233. The molecule has 4 heterocycles. The molecule has 4 aliphatic rings. The van der Waals surface area contributed by atoms with E-state index in [0.29, 0.717) is 31.9 Å². The van der Waals surface area contributed by atoms with Crippen LogP contribution in [0.25, 0.3) is 0 Å². The van der Waals surface area contributed by atoms with Gasteiger partial charge in [-0.15, -0.1) is 12.4 Å². The van der Waals surface area contributed by atoms with Crippen LogP contribution in [0.5, 0.6) is 0 Å². The lowest BCUT2D eigenvalue weighted by molar-refractivity contribution is -0.0589. The average molecular weight is 473 g/mol. The number of benzene rings is 1. The van der Waals surface area contributed by atoms with Crippen molar-refractivity contribution < 1.29 is 19.0 Å². The first kappa shape index (κ1) is 28.6. The predicted octanol–water partition coefficient (Wildman–Crippen LogP) is 1.98. The number of hydrogen-bond acceptors (Lipinski definition) is 7. The Balaban J connectivity index is 0.000000338. The summed E-state index contributed by atoms with van der Waals surface area (Å²) in [5.74, 6) is 0. The van der Waals surface area contributed by atoms with Crippen molar-refractivity contribution >= 4 is 18.5 Å². The molecule has 32 heavy (non-hydrogen) atoms. The number of amides is 1. The van der Waals surface area contributed by atoms with E-state index in [1.54, 1.807) is 0 Å². The molecule has 8 nitrogen and oxygen atoms in total. The molecule has 4 aliphatic heterocycles. The molecule has 1 aromatic rings. The topological polar surface area (TPSA) is 75.3 Å². The molecule has 9 heteroatoms. The molecule has 0 aliphatic carbocycles. The van der Waals surface area contributed by atoms with Crippen LogP contribution in [-0.2, 0) is 20.8 Å². The minimum absolute atomic E-state index is 0. The zero-order chi connectivity index (χ0) is 20.1. The average Bonchev–Trinajstić information content (AvgIpc) is 2.72. The molecule has 0 aromatic heterocycles. The third kappa shape index (κ3) is 7.57. The Morgan fingerprint density at radius 2 is 1.56 bits per heavy atom. The van der Waals surface area contributed by atoms with E-state index < -0.39 is 0 Å². The highest BCUT2D eigenvalue weighted by Gasteiger charge is 2.38. The van der Waals surface area contributed by atoms with Gasteiger partial charge in [0.15, 0.2) is 0 Å². The fourth-order valence-corrected chi connectivity index (χ4v) is 4.44. The highest BCUT2D eigenvalue weighted by Crippen LogP contribution is 2.18. The van der Waals surface area contributed by atoms with Gasteiger partial charge in [-0.05, 0) is 12.6 Å². The Labute approximate surface area is 199 Å². The zero-order valence-corrected chi connectivity index (χ0v) is 18.3. The molecule has 2 N–H and O–H groups in total. The minimum Gasteiger partial charge on any atom is -0.445 e. The number of nitrogens with zero attached hydrogens (tertiary/aromatic N) is 2. The van der Waals surface area contributed by atoms with Crippen molar-refractivity contribution in [1.82, 2.24) is 20.4 Å². The van der Waals surface area contributed by atoms with Crippen LogP contribution in [0.2, 0.25) is 0 Å². The van der Waals surface area contributed by atoms with Gasteiger partial charge in [0.05, 0.1) is 38.5 Å². The lowest BCUT2D eigenvalue weighted by atomic mass is 10.1. The summed E-state index contributed by atoms with van der Waals surface area (Å²) in [7, 11) is 2.17. The third-order valence-corrected chi connectivity index (χ3v) is 5.76. The number of piperazine rings is 2. The Kier molecular flexibility index (Phi) is 12.5. The van der Waals surface area contributed by atoms with E-state index in [0.717, 1.165) is 45.0 Å². The van der Waals surface area contributed by atoms with Crippen LogP contribution in [0.15, 0.2) is 30.3 Å². The fourth-order valence-electron chi connectivity index (χ4n) is 4.44. The summed E-state index contributed by atoms with van der Waals surface area (Å²) >= 11 is 0. The maximum atomic E-state index is 12.2. The molecular formula is C23H41ClN4O4. The summed E-state index contributed by atoms with van der Waals surface area (Å²) < 4.78 is 16.3. The molecule has 4 fully saturated rings. The van der Waals surface area contributed by atoms with E-state index in [-0.39, 0.29) is 45.4 Å². The van der Waals surface area contributed by atoms with Crippen LogP contribution in [0.1, 0.15) is 20.4 Å². The van der Waals surface area contributed by atoms with Gasteiger partial charge in [0, 0.05) is 38.3 Å². The number of ether oxygens (including phenoxy) is 3. The smallest absolute Gasteiger partial charge is 0.410 e. The number of fused-ring (bicyclic) bond motifs is 4. The number of nitrogens with one attached hydrogen (secondary N) is 2. The largest absolute Gasteiger partial charge is 0.445 e. The van der Waals surface area contributed by atoms with Gasteiger partial charge in [0.25, 0.3) is 0 Å². The van der Waals surface area contributed by atoms with Crippen LogP contribution in [0.3, 0.4) is 0 Å². The quantitative estimate of drug-likeness (QED) is 0.681. The number of carbonyl (C=O) groups is 1. The summed E-state index contributed by atoms with van der Waals surface area (Å²) in [5.41, 5.74) is 1.01. The molecule has 4 atom stereocenters. The van der Waals surface area contributed by atoms with E-state index in [1.165, 1.54) is 0 Å². The van der Waals surface area contributed by atoms with Crippen molar-refractivity contribution in [2.24, 2.45) is 0 Å². The number of hydrogen-bond donors (Lipinski definition) is 2. The molecular weight excluding hydrogens is 432 g/mol. The highest BCUT2D eigenvalue weighted by atomic mass is 35.5.